The molecule has 8 atom stereocenters. The van der Waals surface area contributed by atoms with Crippen LogP contribution in [0.5, 0.6) is 0 Å². The molecule has 0 radical (unpaired) electrons. The third-order valence-electron chi connectivity index (χ3n) is 24.7. The lowest BCUT2D eigenvalue weighted by Gasteiger charge is -2.31. The van der Waals surface area contributed by atoms with Crippen LogP contribution in [0.4, 0.5) is 0 Å². The highest BCUT2D eigenvalue weighted by Crippen LogP contribution is 2.49. The van der Waals surface area contributed by atoms with Crippen molar-refractivity contribution in [2.24, 2.45) is 29.6 Å². The molecular formula is C95H184O6. The SMILES string of the molecule is CCCCCCCCCCCCCCCCCCCCCCCC[C@@H](C(=O)OC)[C@@H](CCCCCCCCCCCCCCCC[C@H]1C[C@@H]1[C@@H](C)CCCCCCCCCCCCCCCCCC[C@H](OC1CCCCO1)[C@@H](C)CCCCCCCCCCCCCCCCCC)OC(C)=O. The van der Waals surface area contributed by atoms with E-state index in [1.54, 1.807) is 0 Å². The highest BCUT2D eigenvalue weighted by molar-refractivity contribution is 5.74. The molecule has 1 unspecified atom stereocenters. The van der Waals surface area contributed by atoms with Gasteiger partial charge in [-0.05, 0) is 81.5 Å². The number of hydrogen-bond acceptors (Lipinski definition) is 6. The maximum atomic E-state index is 12.9. The van der Waals surface area contributed by atoms with E-state index in [-0.39, 0.29) is 30.3 Å². The van der Waals surface area contributed by atoms with Crippen LogP contribution in [0, 0.1) is 29.6 Å². The van der Waals surface area contributed by atoms with E-state index in [2.05, 4.69) is 27.7 Å². The average Bonchev–Trinajstić information content (AvgIpc) is 1.68. The number of methoxy groups -OCH3 is 1. The van der Waals surface area contributed by atoms with Crippen LogP contribution < -0.4 is 0 Å². The molecule has 1 heterocycles. The zero-order valence-corrected chi connectivity index (χ0v) is 69.9. The van der Waals surface area contributed by atoms with E-state index in [1.165, 1.54) is 470 Å². The Kier molecular flexibility index (Phi) is 71.9. The second-order valence-electron chi connectivity index (χ2n) is 34.4. The summed E-state index contributed by atoms with van der Waals surface area (Å²) in [6.45, 7) is 12.0. The monoisotopic (exact) mass is 1420 g/mol. The van der Waals surface area contributed by atoms with Crippen LogP contribution in [-0.2, 0) is 28.5 Å². The summed E-state index contributed by atoms with van der Waals surface area (Å²) in [6, 6.07) is 0. The third kappa shape index (κ3) is 63.5. The van der Waals surface area contributed by atoms with Gasteiger partial charge in [0.2, 0.25) is 0 Å². The highest BCUT2D eigenvalue weighted by atomic mass is 16.7. The van der Waals surface area contributed by atoms with Crippen molar-refractivity contribution >= 4 is 11.9 Å². The summed E-state index contributed by atoms with van der Waals surface area (Å²) in [5, 5.41) is 0. The molecule has 0 spiro atoms. The van der Waals surface area contributed by atoms with Crippen LogP contribution in [0.2, 0.25) is 0 Å². The second-order valence-corrected chi connectivity index (χ2v) is 34.4. The summed E-state index contributed by atoms with van der Waals surface area (Å²) >= 11 is 0. The van der Waals surface area contributed by atoms with E-state index in [1.807, 2.05) is 0 Å². The first-order valence-electron chi connectivity index (χ1n) is 47.3. The number of hydrogen-bond donors (Lipinski definition) is 0. The van der Waals surface area contributed by atoms with Gasteiger partial charge in [-0.15, -0.1) is 0 Å². The van der Waals surface area contributed by atoms with Gasteiger partial charge in [-0.3, -0.25) is 9.59 Å². The van der Waals surface area contributed by atoms with E-state index >= 15 is 0 Å². The first-order valence-corrected chi connectivity index (χ1v) is 47.3. The Morgan fingerprint density at radius 3 is 0.941 bits per heavy atom. The summed E-state index contributed by atoms with van der Waals surface area (Å²) in [5.74, 6) is 2.86. The maximum absolute atomic E-state index is 12.9. The minimum Gasteiger partial charge on any atom is -0.469 e. The van der Waals surface area contributed by atoms with Crippen molar-refractivity contribution in [1.29, 1.82) is 0 Å². The van der Waals surface area contributed by atoms with Crippen molar-refractivity contribution in [3.05, 3.63) is 0 Å². The summed E-state index contributed by atoms with van der Waals surface area (Å²) in [7, 11) is 1.48. The predicted molar refractivity (Wildman–Crippen MR) is 442 cm³/mol. The Labute approximate surface area is 634 Å². The van der Waals surface area contributed by atoms with Crippen molar-refractivity contribution < 1.29 is 28.5 Å². The standard InChI is InChI=1S/C95H184O6/c1-7-9-11-13-15-17-19-21-23-25-26-27-28-29-30-35-42-48-54-60-66-72-80-90(95(97)98-6)93(100-88(5)96)82-74-68-62-56-50-44-38-37-41-47-53-59-65-71-79-89-85-91(89)86(3)77-69-63-57-51-45-39-34-31-32-36-43-49-55-61-67-73-81-92(101-94-83-75-76-84-99-94)87(4)78-70-64-58-52-46-40-33-24-22-20-18-16-14-12-10-8-2/h86-87,89-94H,7-85H2,1-6H3/t86-,87-,89-,90+,91+,92-,93+,94?/m0/s1. The number of ether oxygens (including phenoxy) is 4. The largest absolute Gasteiger partial charge is 0.469 e. The fourth-order valence-electron chi connectivity index (χ4n) is 17.5. The zero-order valence-electron chi connectivity index (χ0n) is 69.9. The van der Waals surface area contributed by atoms with Crippen LogP contribution >= 0.6 is 0 Å². The fraction of sp³-hybridized carbons (Fsp3) is 0.979. The molecule has 6 nitrogen and oxygen atoms in total. The maximum Gasteiger partial charge on any atom is 0.312 e. The van der Waals surface area contributed by atoms with Crippen LogP contribution in [-0.4, -0.2) is 44.2 Å². The summed E-state index contributed by atoms with van der Waals surface area (Å²) in [5.41, 5.74) is 0. The zero-order chi connectivity index (χ0) is 72.5. The predicted octanol–water partition coefficient (Wildman–Crippen LogP) is 32.4. The summed E-state index contributed by atoms with van der Waals surface area (Å²) in [4.78, 5) is 25.1. The fourth-order valence-corrected chi connectivity index (χ4v) is 17.5. The van der Waals surface area contributed by atoms with Gasteiger partial charge in [-0.2, -0.15) is 0 Å². The Balaban J connectivity index is 1.32. The van der Waals surface area contributed by atoms with Gasteiger partial charge in [-0.1, -0.05) is 471 Å². The quantitative estimate of drug-likeness (QED) is 0.0446. The Bertz CT molecular complexity index is 1660. The van der Waals surface area contributed by atoms with E-state index in [0.717, 1.165) is 69.3 Å². The Hall–Kier alpha value is -1.14. The molecule has 6 heteroatoms. The van der Waals surface area contributed by atoms with E-state index in [0.29, 0.717) is 12.0 Å². The molecule has 1 saturated carbocycles. The molecule has 600 valence electrons. The molecule has 1 saturated heterocycles. The topological polar surface area (TPSA) is 71.1 Å². The third-order valence-corrected chi connectivity index (χ3v) is 24.7. The number of carbonyl (C=O) groups excluding carboxylic acids is 2. The summed E-state index contributed by atoms with van der Waals surface area (Å²) in [6.07, 6.45) is 107. The Morgan fingerprint density at radius 1 is 0.347 bits per heavy atom. The molecule has 2 rings (SSSR count). The minimum atomic E-state index is -0.363. The summed E-state index contributed by atoms with van der Waals surface area (Å²) < 4.78 is 23.8. The molecule has 0 N–H and O–H groups in total. The first kappa shape index (κ1) is 95.9. The van der Waals surface area contributed by atoms with E-state index < -0.39 is 0 Å². The van der Waals surface area contributed by atoms with E-state index in [9.17, 15) is 9.59 Å². The van der Waals surface area contributed by atoms with Crippen molar-refractivity contribution in [2.75, 3.05) is 13.7 Å². The van der Waals surface area contributed by atoms with Crippen LogP contribution in [0.15, 0.2) is 0 Å². The van der Waals surface area contributed by atoms with Gasteiger partial charge in [-0.25, -0.2) is 0 Å². The number of unbranched alkanes of at least 4 members (excludes halogenated alkanes) is 64. The van der Waals surface area contributed by atoms with Gasteiger partial charge in [0.25, 0.3) is 0 Å². The molecule has 101 heavy (non-hydrogen) atoms. The van der Waals surface area contributed by atoms with Crippen molar-refractivity contribution in [2.45, 2.75) is 554 Å². The number of esters is 2. The molecule has 0 aromatic rings. The number of carbonyl (C=O) groups is 2. The normalized spacial score (nSPS) is 17.0. The van der Waals surface area contributed by atoms with Gasteiger partial charge in [0.15, 0.2) is 6.29 Å². The first-order chi connectivity index (χ1) is 49.8. The van der Waals surface area contributed by atoms with Gasteiger partial charge in [0.05, 0.1) is 19.1 Å². The lowest BCUT2D eigenvalue weighted by molar-refractivity contribution is -0.199. The molecule has 0 bridgehead atoms. The lowest BCUT2D eigenvalue weighted by atomic mass is 9.91. The molecule has 0 amide bonds. The average molecular weight is 1420 g/mol. The highest BCUT2D eigenvalue weighted by Gasteiger charge is 2.39. The molecule has 2 fully saturated rings. The smallest absolute Gasteiger partial charge is 0.312 e. The lowest BCUT2D eigenvalue weighted by Crippen LogP contribution is -2.33. The Morgan fingerprint density at radius 2 is 0.634 bits per heavy atom. The van der Waals surface area contributed by atoms with Crippen LogP contribution in [0.1, 0.15) is 535 Å². The van der Waals surface area contributed by atoms with Crippen molar-refractivity contribution in [3.8, 4) is 0 Å². The molecule has 0 aromatic carbocycles. The van der Waals surface area contributed by atoms with Gasteiger partial charge in [0, 0.05) is 13.5 Å². The number of rotatable bonds is 83. The molecular weight excluding hydrogens is 1240 g/mol. The van der Waals surface area contributed by atoms with Gasteiger partial charge in [0.1, 0.15) is 6.10 Å². The molecule has 1 aliphatic carbocycles. The molecule has 0 aromatic heterocycles. The van der Waals surface area contributed by atoms with Gasteiger partial charge >= 0.3 is 11.9 Å². The minimum absolute atomic E-state index is 0.0491. The molecule has 2 aliphatic rings. The van der Waals surface area contributed by atoms with Crippen molar-refractivity contribution in [3.63, 3.8) is 0 Å². The molecule has 1 aliphatic heterocycles. The van der Waals surface area contributed by atoms with Crippen LogP contribution in [0.3, 0.4) is 0 Å². The van der Waals surface area contributed by atoms with E-state index in [4.69, 9.17) is 18.9 Å². The van der Waals surface area contributed by atoms with Gasteiger partial charge < -0.3 is 18.9 Å². The second kappa shape index (κ2) is 75.7. The van der Waals surface area contributed by atoms with Crippen molar-refractivity contribution in [1.82, 2.24) is 0 Å². The van der Waals surface area contributed by atoms with Crippen LogP contribution in [0.25, 0.3) is 0 Å².